The number of halogens is 1. The Morgan fingerprint density at radius 3 is 2.59 bits per heavy atom. The quantitative estimate of drug-likeness (QED) is 0.814. The molecule has 0 fully saturated rings. The molecular weight excluding hydrogens is 238 g/mol. The van der Waals surface area contributed by atoms with E-state index in [0.29, 0.717) is 11.8 Å². The fourth-order valence-electron chi connectivity index (χ4n) is 1.38. The van der Waals surface area contributed by atoms with Crippen LogP contribution in [0, 0.1) is 6.92 Å². The second-order valence-corrected chi connectivity index (χ2v) is 4.15. The minimum Gasteiger partial charge on any atom is -0.347 e. The van der Waals surface area contributed by atoms with Crippen LogP contribution in [0.1, 0.15) is 5.56 Å². The van der Waals surface area contributed by atoms with Crippen molar-refractivity contribution in [3.63, 3.8) is 0 Å². The molecule has 0 radical (unpaired) electrons. The lowest BCUT2D eigenvalue weighted by atomic mass is 10.1. The lowest BCUT2D eigenvalue weighted by Crippen LogP contribution is -2.14. The molecule has 0 amide bonds. The van der Waals surface area contributed by atoms with Gasteiger partial charge in [0.15, 0.2) is 5.82 Å². The van der Waals surface area contributed by atoms with Crippen molar-refractivity contribution in [2.24, 2.45) is 0 Å². The van der Waals surface area contributed by atoms with Crippen molar-refractivity contribution < 1.29 is 0 Å². The molecule has 0 spiro atoms. The average molecular weight is 250 g/mol. The Labute approximate surface area is 105 Å². The summed E-state index contributed by atoms with van der Waals surface area (Å²) in [6.45, 7) is 1.95. The van der Waals surface area contributed by atoms with Crippen LogP contribution in [0.5, 0.6) is 0 Å². The summed E-state index contributed by atoms with van der Waals surface area (Å²) >= 11 is 5.89. The largest absolute Gasteiger partial charge is 0.347 e. The van der Waals surface area contributed by atoms with E-state index < -0.39 is 0 Å². The van der Waals surface area contributed by atoms with Crippen LogP contribution in [0.2, 0.25) is 5.28 Å². The van der Waals surface area contributed by atoms with Gasteiger partial charge in [-0.25, -0.2) is 0 Å². The first kappa shape index (κ1) is 11.7. The number of nitrogens with zero attached hydrogens (tertiary/aromatic N) is 5. The smallest absolute Gasteiger partial charge is 0.229 e. The average Bonchev–Trinajstić information content (AvgIpc) is 2.28. The van der Waals surface area contributed by atoms with E-state index >= 15 is 0 Å². The van der Waals surface area contributed by atoms with E-state index in [1.807, 2.05) is 27.1 Å². The second kappa shape index (κ2) is 4.63. The van der Waals surface area contributed by atoms with Crippen molar-refractivity contribution in [2.45, 2.75) is 6.92 Å². The first-order chi connectivity index (χ1) is 8.08. The van der Waals surface area contributed by atoms with Gasteiger partial charge in [-0.1, -0.05) is 0 Å². The molecule has 0 saturated heterocycles. The van der Waals surface area contributed by atoms with Crippen molar-refractivity contribution >= 4 is 17.5 Å². The summed E-state index contributed by atoms with van der Waals surface area (Å²) in [5.74, 6) is 1.10. The molecule has 5 nitrogen and oxygen atoms in total. The summed E-state index contributed by atoms with van der Waals surface area (Å²) < 4.78 is 0. The number of aryl methyl sites for hydroxylation is 1. The molecule has 0 atom stereocenters. The lowest BCUT2D eigenvalue weighted by molar-refractivity contribution is 0.960. The minimum absolute atomic E-state index is 0.190. The van der Waals surface area contributed by atoms with Gasteiger partial charge >= 0.3 is 0 Å². The van der Waals surface area contributed by atoms with E-state index in [4.69, 9.17) is 11.6 Å². The van der Waals surface area contributed by atoms with Gasteiger partial charge in [0.2, 0.25) is 11.2 Å². The van der Waals surface area contributed by atoms with Crippen LogP contribution < -0.4 is 4.90 Å². The van der Waals surface area contributed by atoms with E-state index in [9.17, 15) is 0 Å². The Morgan fingerprint density at radius 1 is 1.18 bits per heavy atom. The fraction of sp³-hybridized carbons (Fsp3) is 0.273. The number of pyridine rings is 1. The Kier molecular flexibility index (Phi) is 3.19. The highest BCUT2D eigenvalue weighted by Gasteiger charge is 2.10. The van der Waals surface area contributed by atoms with Crippen molar-refractivity contribution in [1.29, 1.82) is 0 Å². The molecule has 0 aliphatic carbocycles. The van der Waals surface area contributed by atoms with Crippen LogP contribution >= 0.6 is 11.6 Å². The van der Waals surface area contributed by atoms with Gasteiger partial charge in [-0.2, -0.15) is 15.0 Å². The third-order valence-electron chi connectivity index (χ3n) is 2.26. The number of hydrogen-bond acceptors (Lipinski definition) is 5. The zero-order valence-electron chi connectivity index (χ0n) is 9.85. The van der Waals surface area contributed by atoms with Crippen LogP contribution in [0.3, 0.4) is 0 Å². The third-order valence-corrected chi connectivity index (χ3v) is 2.43. The lowest BCUT2D eigenvalue weighted by Gasteiger charge is -2.11. The van der Waals surface area contributed by atoms with Crippen molar-refractivity contribution in [3.8, 4) is 11.4 Å². The van der Waals surface area contributed by atoms with Gasteiger partial charge in [-0.05, 0) is 30.2 Å². The maximum absolute atomic E-state index is 5.89. The predicted octanol–water partition coefficient (Wildman–Crippen LogP) is 1.96. The summed E-state index contributed by atoms with van der Waals surface area (Å²) in [6, 6.07) is 1.86. The highest BCUT2D eigenvalue weighted by atomic mass is 35.5. The summed E-state index contributed by atoms with van der Waals surface area (Å²) in [6.07, 6.45) is 3.47. The first-order valence-corrected chi connectivity index (χ1v) is 5.45. The van der Waals surface area contributed by atoms with E-state index in [-0.39, 0.29) is 5.28 Å². The second-order valence-electron chi connectivity index (χ2n) is 3.81. The molecular formula is C11H12ClN5. The minimum atomic E-state index is 0.190. The van der Waals surface area contributed by atoms with E-state index in [1.165, 1.54) is 0 Å². The number of anilines is 1. The first-order valence-electron chi connectivity index (χ1n) is 5.08. The molecule has 0 aliphatic heterocycles. The zero-order chi connectivity index (χ0) is 12.4. The van der Waals surface area contributed by atoms with Gasteiger partial charge in [0.05, 0.1) is 0 Å². The fourth-order valence-corrected chi connectivity index (χ4v) is 1.54. The molecule has 0 aromatic carbocycles. The molecule has 6 heteroatoms. The predicted molar refractivity (Wildman–Crippen MR) is 67.1 cm³/mol. The van der Waals surface area contributed by atoms with Crippen LogP contribution in [0.15, 0.2) is 18.5 Å². The Morgan fingerprint density at radius 2 is 1.94 bits per heavy atom. The van der Waals surface area contributed by atoms with Crippen molar-refractivity contribution in [3.05, 3.63) is 29.3 Å². The van der Waals surface area contributed by atoms with Gasteiger partial charge in [-0.3, -0.25) is 4.98 Å². The SMILES string of the molecule is Cc1cnccc1-c1nc(Cl)nc(N(C)C)n1. The number of rotatable bonds is 2. The van der Waals surface area contributed by atoms with Crippen LogP contribution in [0.4, 0.5) is 5.95 Å². The third kappa shape index (κ3) is 2.50. The maximum Gasteiger partial charge on any atom is 0.229 e. The summed E-state index contributed by atoms with van der Waals surface area (Å²) in [5.41, 5.74) is 1.91. The number of hydrogen-bond donors (Lipinski definition) is 0. The summed E-state index contributed by atoms with van der Waals surface area (Å²) in [7, 11) is 3.71. The zero-order valence-corrected chi connectivity index (χ0v) is 10.6. The molecule has 2 aromatic heterocycles. The molecule has 2 heterocycles. The van der Waals surface area contributed by atoms with Gasteiger partial charge in [0.1, 0.15) is 0 Å². The topological polar surface area (TPSA) is 54.8 Å². The van der Waals surface area contributed by atoms with E-state index in [2.05, 4.69) is 19.9 Å². The van der Waals surface area contributed by atoms with Crippen molar-refractivity contribution in [1.82, 2.24) is 19.9 Å². The Balaban J connectivity index is 2.56. The van der Waals surface area contributed by atoms with Crippen LogP contribution in [0.25, 0.3) is 11.4 Å². The molecule has 2 rings (SSSR count). The summed E-state index contributed by atoms with van der Waals surface area (Å²) in [4.78, 5) is 18.4. The molecule has 0 unspecified atom stereocenters. The van der Waals surface area contributed by atoms with E-state index in [1.54, 1.807) is 17.3 Å². The van der Waals surface area contributed by atoms with Gasteiger partial charge < -0.3 is 4.90 Å². The molecule has 88 valence electrons. The molecule has 0 aliphatic rings. The normalized spacial score (nSPS) is 10.4. The Hall–Kier alpha value is -1.75. The van der Waals surface area contributed by atoms with Gasteiger partial charge in [0.25, 0.3) is 0 Å². The molecule has 0 N–H and O–H groups in total. The van der Waals surface area contributed by atoms with Gasteiger partial charge in [0, 0.05) is 32.1 Å². The molecule has 2 aromatic rings. The summed E-state index contributed by atoms with van der Waals surface area (Å²) in [5, 5.41) is 0.190. The standard InChI is InChI=1S/C11H12ClN5/c1-7-6-13-5-4-8(7)9-14-10(12)16-11(15-9)17(2)3/h4-6H,1-3H3. The molecule has 17 heavy (non-hydrogen) atoms. The maximum atomic E-state index is 5.89. The number of aromatic nitrogens is 4. The van der Waals surface area contributed by atoms with Crippen LogP contribution in [-0.2, 0) is 0 Å². The monoisotopic (exact) mass is 249 g/mol. The molecule has 0 bridgehead atoms. The van der Waals surface area contributed by atoms with Gasteiger partial charge in [-0.15, -0.1) is 0 Å². The Bertz CT molecular complexity index is 541. The highest BCUT2D eigenvalue weighted by molar-refractivity contribution is 6.28. The van der Waals surface area contributed by atoms with Crippen molar-refractivity contribution in [2.75, 3.05) is 19.0 Å². The van der Waals surface area contributed by atoms with E-state index in [0.717, 1.165) is 11.1 Å². The van der Waals surface area contributed by atoms with Crippen LogP contribution in [-0.4, -0.2) is 34.0 Å². The molecule has 0 saturated carbocycles. The highest BCUT2D eigenvalue weighted by Crippen LogP contribution is 2.21.